The summed E-state index contributed by atoms with van der Waals surface area (Å²) in [5.41, 5.74) is 2.47. The molecule has 1 aromatic carbocycles. The molecule has 5 heteroatoms. The molecule has 0 aliphatic heterocycles. The van der Waals surface area contributed by atoms with E-state index in [9.17, 15) is 0 Å². The van der Waals surface area contributed by atoms with Crippen molar-refractivity contribution in [2.75, 3.05) is 0 Å². The molecule has 28 heavy (non-hydrogen) atoms. The number of hydrogen-bond acceptors (Lipinski definition) is 4. The van der Waals surface area contributed by atoms with E-state index >= 15 is 0 Å². The number of benzene rings is 1. The van der Waals surface area contributed by atoms with Crippen LogP contribution in [-0.2, 0) is 0 Å². The fourth-order valence-electron chi connectivity index (χ4n) is 3.53. The first-order chi connectivity index (χ1) is 13.7. The molecular weight excluding hydrogens is 348 g/mol. The van der Waals surface area contributed by atoms with E-state index in [0.29, 0.717) is 5.92 Å². The molecule has 0 saturated carbocycles. The highest BCUT2D eigenvalue weighted by Gasteiger charge is 2.19. The first kappa shape index (κ1) is 18.4. The number of ether oxygens (including phenoxy) is 1. The molecule has 0 amide bonds. The Balaban J connectivity index is 1.77. The van der Waals surface area contributed by atoms with Crippen molar-refractivity contribution < 1.29 is 4.74 Å². The van der Waals surface area contributed by atoms with E-state index in [-0.39, 0.29) is 6.10 Å². The minimum atomic E-state index is 0.194. The molecular formula is C23H26N4O. The first-order valence-electron chi connectivity index (χ1n) is 10.1. The van der Waals surface area contributed by atoms with E-state index in [1.165, 1.54) is 0 Å². The molecule has 0 N–H and O–H groups in total. The van der Waals surface area contributed by atoms with E-state index in [0.717, 1.165) is 53.1 Å². The van der Waals surface area contributed by atoms with Crippen molar-refractivity contribution in [1.29, 1.82) is 0 Å². The minimum absolute atomic E-state index is 0.194. The van der Waals surface area contributed by atoms with Crippen molar-refractivity contribution in [2.45, 2.75) is 46.1 Å². The van der Waals surface area contributed by atoms with E-state index < -0.39 is 0 Å². The zero-order valence-electron chi connectivity index (χ0n) is 16.7. The number of nitrogens with zero attached hydrogens (tertiary/aromatic N) is 4. The lowest BCUT2D eigenvalue weighted by Gasteiger charge is -2.24. The number of rotatable bonds is 7. The summed E-state index contributed by atoms with van der Waals surface area (Å²) in [7, 11) is 0. The fraction of sp³-hybridized carbons (Fsp3) is 0.348. The van der Waals surface area contributed by atoms with Crippen molar-refractivity contribution in [3.05, 3.63) is 54.7 Å². The summed E-state index contributed by atoms with van der Waals surface area (Å²) in [6.45, 7) is 6.67. The monoisotopic (exact) mass is 374 g/mol. The lowest BCUT2D eigenvalue weighted by Crippen LogP contribution is -2.24. The molecule has 0 aliphatic rings. The third kappa shape index (κ3) is 3.44. The van der Waals surface area contributed by atoms with Gasteiger partial charge in [0, 0.05) is 11.6 Å². The SMILES string of the molecule is CCCC(Oc1cccc2ccc(-c3nnc4ccccn34)nc12)[C@@H](C)CC. The first-order valence-corrected chi connectivity index (χ1v) is 10.1. The van der Waals surface area contributed by atoms with E-state index in [1.807, 2.05) is 47.0 Å². The second-order valence-corrected chi connectivity index (χ2v) is 7.31. The fourth-order valence-corrected chi connectivity index (χ4v) is 3.53. The average molecular weight is 374 g/mol. The van der Waals surface area contributed by atoms with Gasteiger partial charge in [-0.2, -0.15) is 0 Å². The van der Waals surface area contributed by atoms with Crippen LogP contribution in [0, 0.1) is 5.92 Å². The van der Waals surface area contributed by atoms with Crippen LogP contribution in [0.15, 0.2) is 54.7 Å². The number of fused-ring (bicyclic) bond motifs is 2. The van der Waals surface area contributed by atoms with Crippen LogP contribution >= 0.6 is 0 Å². The van der Waals surface area contributed by atoms with Crippen molar-refractivity contribution in [3.63, 3.8) is 0 Å². The Bertz CT molecular complexity index is 1090. The summed E-state index contributed by atoms with van der Waals surface area (Å²) in [5.74, 6) is 2.07. The standard InChI is InChI=1S/C23H26N4O/c1-4-9-19(16(3)5-2)28-20-11-8-10-17-13-14-18(24-22(17)20)23-26-25-21-12-6-7-15-27(21)23/h6-8,10-16,19H,4-5,9H2,1-3H3/t16-,19?/m0/s1. The Morgan fingerprint density at radius 3 is 2.71 bits per heavy atom. The zero-order valence-corrected chi connectivity index (χ0v) is 16.7. The van der Waals surface area contributed by atoms with Crippen LogP contribution in [0.2, 0.25) is 0 Å². The summed E-state index contributed by atoms with van der Waals surface area (Å²) >= 11 is 0. The molecule has 144 valence electrons. The third-order valence-electron chi connectivity index (χ3n) is 5.36. The lowest BCUT2D eigenvalue weighted by atomic mass is 9.98. The minimum Gasteiger partial charge on any atom is -0.488 e. The molecule has 0 spiro atoms. The van der Waals surface area contributed by atoms with Gasteiger partial charge in [0.15, 0.2) is 11.5 Å². The van der Waals surface area contributed by atoms with Gasteiger partial charge in [0.2, 0.25) is 0 Å². The molecule has 2 atom stereocenters. The Labute approximate surface area is 165 Å². The Morgan fingerprint density at radius 1 is 1.00 bits per heavy atom. The molecule has 0 aliphatic carbocycles. The molecule has 0 radical (unpaired) electrons. The van der Waals surface area contributed by atoms with Gasteiger partial charge >= 0.3 is 0 Å². The summed E-state index contributed by atoms with van der Waals surface area (Å²) in [4.78, 5) is 4.92. The molecule has 0 bridgehead atoms. The van der Waals surface area contributed by atoms with E-state index in [1.54, 1.807) is 0 Å². The molecule has 4 rings (SSSR count). The molecule has 0 saturated heterocycles. The van der Waals surface area contributed by atoms with Gasteiger partial charge in [0.05, 0.1) is 0 Å². The summed E-state index contributed by atoms with van der Waals surface area (Å²) in [6.07, 6.45) is 5.39. The Kier molecular flexibility index (Phi) is 5.24. The van der Waals surface area contributed by atoms with Gasteiger partial charge in [-0.3, -0.25) is 4.40 Å². The summed E-state index contributed by atoms with van der Waals surface area (Å²) in [6, 6.07) is 16.1. The summed E-state index contributed by atoms with van der Waals surface area (Å²) in [5, 5.41) is 9.65. The Hall–Kier alpha value is -2.95. The number of hydrogen-bond donors (Lipinski definition) is 0. The quantitative estimate of drug-likeness (QED) is 0.426. The van der Waals surface area contributed by atoms with Crippen LogP contribution in [-0.4, -0.2) is 25.7 Å². The highest BCUT2D eigenvalue weighted by atomic mass is 16.5. The van der Waals surface area contributed by atoms with E-state index in [2.05, 4.69) is 43.1 Å². The second-order valence-electron chi connectivity index (χ2n) is 7.31. The molecule has 5 nitrogen and oxygen atoms in total. The highest BCUT2D eigenvalue weighted by molar-refractivity contribution is 5.86. The normalized spacial score (nSPS) is 13.7. The van der Waals surface area contributed by atoms with Crippen molar-refractivity contribution in [3.8, 4) is 17.3 Å². The van der Waals surface area contributed by atoms with Gasteiger partial charge in [-0.25, -0.2) is 4.98 Å². The number of pyridine rings is 2. The maximum absolute atomic E-state index is 6.48. The topological polar surface area (TPSA) is 52.3 Å². The third-order valence-corrected chi connectivity index (χ3v) is 5.36. The van der Waals surface area contributed by atoms with Crippen molar-refractivity contribution in [2.24, 2.45) is 5.92 Å². The van der Waals surface area contributed by atoms with Gasteiger partial charge in [0.1, 0.15) is 23.1 Å². The zero-order chi connectivity index (χ0) is 19.5. The average Bonchev–Trinajstić information content (AvgIpc) is 3.17. The van der Waals surface area contributed by atoms with Crippen LogP contribution in [0.1, 0.15) is 40.0 Å². The van der Waals surface area contributed by atoms with Crippen LogP contribution in [0.5, 0.6) is 5.75 Å². The smallest absolute Gasteiger partial charge is 0.187 e. The predicted octanol–water partition coefficient (Wildman–Crippen LogP) is 5.54. The van der Waals surface area contributed by atoms with E-state index in [4.69, 9.17) is 9.72 Å². The predicted molar refractivity (Wildman–Crippen MR) is 113 cm³/mol. The highest BCUT2D eigenvalue weighted by Crippen LogP contribution is 2.30. The molecule has 1 unspecified atom stereocenters. The summed E-state index contributed by atoms with van der Waals surface area (Å²) < 4.78 is 8.43. The molecule has 4 aromatic rings. The van der Waals surface area contributed by atoms with Crippen LogP contribution in [0.25, 0.3) is 28.1 Å². The second kappa shape index (κ2) is 7.97. The molecule has 3 aromatic heterocycles. The van der Waals surface area contributed by atoms with Gasteiger partial charge in [0.25, 0.3) is 0 Å². The van der Waals surface area contributed by atoms with Crippen molar-refractivity contribution in [1.82, 2.24) is 19.6 Å². The maximum atomic E-state index is 6.48. The van der Waals surface area contributed by atoms with Crippen LogP contribution in [0.4, 0.5) is 0 Å². The van der Waals surface area contributed by atoms with Gasteiger partial charge in [-0.05, 0) is 36.6 Å². The number of aromatic nitrogens is 4. The lowest BCUT2D eigenvalue weighted by molar-refractivity contribution is 0.131. The van der Waals surface area contributed by atoms with Gasteiger partial charge in [-0.1, -0.05) is 57.9 Å². The maximum Gasteiger partial charge on any atom is 0.187 e. The van der Waals surface area contributed by atoms with Gasteiger partial charge in [-0.15, -0.1) is 10.2 Å². The van der Waals surface area contributed by atoms with Crippen LogP contribution in [0.3, 0.4) is 0 Å². The van der Waals surface area contributed by atoms with Crippen molar-refractivity contribution >= 4 is 16.6 Å². The Morgan fingerprint density at radius 2 is 1.89 bits per heavy atom. The largest absolute Gasteiger partial charge is 0.488 e. The number of para-hydroxylation sites is 1. The molecule has 3 heterocycles. The van der Waals surface area contributed by atoms with Gasteiger partial charge < -0.3 is 4.74 Å². The molecule has 0 fully saturated rings. The van der Waals surface area contributed by atoms with Crippen LogP contribution < -0.4 is 4.74 Å².